The van der Waals surface area contributed by atoms with Crippen molar-refractivity contribution in [3.63, 3.8) is 0 Å². The quantitative estimate of drug-likeness (QED) is 0.483. The van der Waals surface area contributed by atoms with Crippen molar-refractivity contribution >= 4 is 17.2 Å². The molecular formula is C19H26N6O2. The number of aromatic hydroxyl groups is 1. The number of rotatable bonds is 8. The third kappa shape index (κ3) is 4.11. The van der Waals surface area contributed by atoms with Crippen molar-refractivity contribution in [1.82, 2.24) is 19.8 Å². The van der Waals surface area contributed by atoms with Gasteiger partial charge >= 0.3 is 0 Å². The van der Waals surface area contributed by atoms with E-state index in [1.807, 2.05) is 39.0 Å². The first-order valence-corrected chi connectivity index (χ1v) is 9.18. The fraction of sp³-hybridized carbons (Fsp3) is 0.421. The van der Waals surface area contributed by atoms with Crippen LogP contribution in [0, 0.1) is 0 Å². The largest absolute Gasteiger partial charge is 0.508 e. The second kappa shape index (κ2) is 8.22. The molecule has 0 aliphatic heterocycles. The number of aromatic nitrogens is 4. The molecule has 3 rings (SSSR count). The van der Waals surface area contributed by atoms with E-state index in [1.165, 1.54) is 0 Å². The van der Waals surface area contributed by atoms with Crippen molar-refractivity contribution < 1.29 is 10.2 Å². The number of nitrogens with zero attached hydrogens (tertiary/aromatic N) is 4. The van der Waals surface area contributed by atoms with Crippen LogP contribution in [-0.4, -0.2) is 42.7 Å². The fourth-order valence-corrected chi connectivity index (χ4v) is 2.79. The first-order chi connectivity index (χ1) is 13.0. The molecule has 1 atom stereocenters. The predicted molar refractivity (Wildman–Crippen MR) is 105 cm³/mol. The molecule has 0 amide bonds. The fourth-order valence-electron chi connectivity index (χ4n) is 2.79. The molecule has 0 saturated carbocycles. The van der Waals surface area contributed by atoms with Gasteiger partial charge in [-0.15, -0.1) is 15.3 Å². The minimum absolute atomic E-state index is 0.0239. The van der Waals surface area contributed by atoms with Crippen LogP contribution in [0.4, 0.5) is 11.5 Å². The lowest BCUT2D eigenvalue weighted by Crippen LogP contribution is -2.24. The van der Waals surface area contributed by atoms with Crippen LogP contribution in [-0.2, 0) is 6.54 Å². The maximum Gasteiger partial charge on any atom is 0.201 e. The number of benzene rings is 1. The standard InChI is InChI=1S/C19H26N6O2/c1-4-14(11-26)21-17-9-15(20-10-13-7-5-6-8-16(13)27)19-23-22-18(12(2)3)25(19)24-17/h5-9,12,14,20,26-27H,4,10-11H2,1-3H3,(H,21,24)/t14-/m1/s1. The van der Waals surface area contributed by atoms with Crippen LogP contribution in [0.25, 0.3) is 5.65 Å². The molecule has 1 aromatic carbocycles. The normalized spacial score (nSPS) is 12.5. The number of hydrogen-bond acceptors (Lipinski definition) is 7. The van der Waals surface area contributed by atoms with Crippen molar-refractivity contribution in [2.75, 3.05) is 17.2 Å². The summed E-state index contributed by atoms with van der Waals surface area (Å²) in [5, 5.41) is 39.2. The van der Waals surface area contributed by atoms with Gasteiger partial charge in [0.2, 0.25) is 5.65 Å². The first-order valence-electron chi connectivity index (χ1n) is 9.18. The van der Waals surface area contributed by atoms with Crippen LogP contribution in [0.15, 0.2) is 30.3 Å². The topological polar surface area (TPSA) is 108 Å². The number of phenolic OH excluding ortho intramolecular Hbond substituents is 1. The van der Waals surface area contributed by atoms with Crippen LogP contribution >= 0.6 is 0 Å². The maximum absolute atomic E-state index is 9.99. The molecule has 2 aromatic heterocycles. The monoisotopic (exact) mass is 370 g/mol. The van der Waals surface area contributed by atoms with Crippen LogP contribution in [0.3, 0.4) is 0 Å². The molecule has 27 heavy (non-hydrogen) atoms. The Morgan fingerprint density at radius 1 is 1.19 bits per heavy atom. The maximum atomic E-state index is 9.99. The zero-order chi connectivity index (χ0) is 19.4. The molecule has 3 aromatic rings. The van der Waals surface area contributed by atoms with Gasteiger partial charge in [0.1, 0.15) is 11.6 Å². The van der Waals surface area contributed by atoms with Gasteiger partial charge in [-0.3, -0.25) is 0 Å². The first kappa shape index (κ1) is 18.9. The van der Waals surface area contributed by atoms with E-state index < -0.39 is 0 Å². The molecule has 0 aliphatic rings. The summed E-state index contributed by atoms with van der Waals surface area (Å²) in [6.45, 7) is 6.54. The van der Waals surface area contributed by atoms with Crippen LogP contribution in [0.2, 0.25) is 0 Å². The van der Waals surface area contributed by atoms with Crippen LogP contribution in [0.1, 0.15) is 44.5 Å². The Labute approximate surface area is 158 Å². The molecule has 8 nitrogen and oxygen atoms in total. The lowest BCUT2D eigenvalue weighted by molar-refractivity contribution is 0.271. The van der Waals surface area contributed by atoms with E-state index in [0.717, 1.165) is 23.5 Å². The molecule has 4 N–H and O–H groups in total. The molecule has 0 aliphatic carbocycles. The average molecular weight is 370 g/mol. The highest BCUT2D eigenvalue weighted by molar-refractivity contribution is 5.70. The Kier molecular flexibility index (Phi) is 5.75. The lowest BCUT2D eigenvalue weighted by atomic mass is 10.2. The van der Waals surface area contributed by atoms with Gasteiger partial charge < -0.3 is 20.8 Å². The summed E-state index contributed by atoms with van der Waals surface area (Å²) >= 11 is 0. The van der Waals surface area contributed by atoms with E-state index in [2.05, 4.69) is 25.9 Å². The van der Waals surface area contributed by atoms with Crippen molar-refractivity contribution in [3.05, 3.63) is 41.7 Å². The highest BCUT2D eigenvalue weighted by Gasteiger charge is 2.16. The molecule has 0 bridgehead atoms. The zero-order valence-corrected chi connectivity index (χ0v) is 15.8. The number of phenols is 1. The number of aliphatic hydroxyl groups excluding tert-OH is 1. The minimum Gasteiger partial charge on any atom is -0.508 e. The highest BCUT2D eigenvalue weighted by Crippen LogP contribution is 2.24. The van der Waals surface area contributed by atoms with Gasteiger partial charge in [-0.25, -0.2) is 0 Å². The van der Waals surface area contributed by atoms with Gasteiger partial charge in [0.05, 0.1) is 18.3 Å². The average Bonchev–Trinajstić information content (AvgIpc) is 3.09. The molecule has 144 valence electrons. The van der Waals surface area contributed by atoms with Gasteiger partial charge in [0.15, 0.2) is 5.82 Å². The molecular weight excluding hydrogens is 344 g/mol. The van der Waals surface area contributed by atoms with Crippen molar-refractivity contribution in [2.24, 2.45) is 0 Å². The van der Waals surface area contributed by atoms with E-state index in [1.54, 1.807) is 16.6 Å². The molecule has 0 radical (unpaired) electrons. The molecule has 0 unspecified atom stereocenters. The molecule has 8 heteroatoms. The summed E-state index contributed by atoms with van der Waals surface area (Å²) in [4.78, 5) is 0. The van der Waals surface area contributed by atoms with E-state index >= 15 is 0 Å². The Balaban J connectivity index is 1.97. The number of aliphatic hydroxyl groups is 1. The molecule has 2 heterocycles. The van der Waals surface area contributed by atoms with Gasteiger partial charge in [-0.1, -0.05) is 39.0 Å². The van der Waals surface area contributed by atoms with Crippen LogP contribution < -0.4 is 10.6 Å². The molecule has 0 saturated heterocycles. The second-order valence-electron chi connectivity index (χ2n) is 6.81. The predicted octanol–water partition coefficient (Wildman–Crippen LogP) is 2.75. The molecule has 0 fully saturated rings. The summed E-state index contributed by atoms with van der Waals surface area (Å²) in [6.07, 6.45) is 0.774. The number of anilines is 2. The Hall–Kier alpha value is -2.87. The molecule has 0 spiro atoms. The van der Waals surface area contributed by atoms with Crippen molar-refractivity contribution in [3.8, 4) is 5.75 Å². The SMILES string of the molecule is CC[C@H](CO)Nc1cc(NCc2ccccc2O)c2nnc(C(C)C)n2n1. The summed E-state index contributed by atoms with van der Waals surface area (Å²) in [6, 6.07) is 8.97. The van der Waals surface area contributed by atoms with Gasteiger partial charge in [-0.2, -0.15) is 4.52 Å². The Morgan fingerprint density at radius 2 is 1.96 bits per heavy atom. The zero-order valence-electron chi connectivity index (χ0n) is 15.8. The second-order valence-corrected chi connectivity index (χ2v) is 6.81. The number of fused-ring (bicyclic) bond motifs is 1. The summed E-state index contributed by atoms with van der Waals surface area (Å²) in [7, 11) is 0. The number of nitrogens with one attached hydrogen (secondary N) is 2. The third-order valence-electron chi connectivity index (χ3n) is 4.44. The van der Waals surface area contributed by atoms with Crippen molar-refractivity contribution in [1.29, 1.82) is 0 Å². The lowest BCUT2D eigenvalue weighted by Gasteiger charge is -2.17. The minimum atomic E-state index is -0.0834. The van der Waals surface area contributed by atoms with Gasteiger partial charge in [0, 0.05) is 24.1 Å². The third-order valence-corrected chi connectivity index (χ3v) is 4.44. The summed E-state index contributed by atoms with van der Waals surface area (Å²) < 4.78 is 1.73. The van der Waals surface area contributed by atoms with Gasteiger partial charge in [-0.05, 0) is 12.5 Å². The Morgan fingerprint density at radius 3 is 2.63 bits per heavy atom. The highest BCUT2D eigenvalue weighted by atomic mass is 16.3. The van der Waals surface area contributed by atoms with Crippen LogP contribution in [0.5, 0.6) is 5.75 Å². The van der Waals surface area contributed by atoms with Gasteiger partial charge in [0.25, 0.3) is 0 Å². The van der Waals surface area contributed by atoms with E-state index in [4.69, 9.17) is 0 Å². The van der Waals surface area contributed by atoms with E-state index in [-0.39, 0.29) is 24.3 Å². The van der Waals surface area contributed by atoms with E-state index in [0.29, 0.717) is 18.0 Å². The summed E-state index contributed by atoms with van der Waals surface area (Å²) in [5.74, 6) is 1.79. The number of hydrogen-bond donors (Lipinski definition) is 4. The Bertz CT molecular complexity index is 904. The smallest absolute Gasteiger partial charge is 0.201 e. The van der Waals surface area contributed by atoms with Crippen molar-refractivity contribution in [2.45, 2.75) is 45.7 Å². The number of para-hydroxylation sites is 1. The van der Waals surface area contributed by atoms with E-state index in [9.17, 15) is 10.2 Å². The summed E-state index contributed by atoms with van der Waals surface area (Å²) in [5.41, 5.74) is 2.16.